The SMILES string of the molecule is CCCO[P@@](=O)(c1ccc(N(C)C)cc1)[C@H](O)c1cc(OC)ccc1OC. The summed E-state index contributed by atoms with van der Waals surface area (Å²) in [5, 5.41) is 11.6. The van der Waals surface area contributed by atoms with Gasteiger partial charge in [0.2, 0.25) is 0 Å². The average Bonchev–Trinajstić information content (AvgIpc) is 2.70. The van der Waals surface area contributed by atoms with E-state index in [4.69, 9.17) is 14.0 Å². The third-order valence-corrected chi connectivity index (χ3v) is 6.76. The lowest BCUT2D eigenvalue weighted by molar-refractivity contribution is 0.210. The largest absolute Gasteiger partial charge is 0.497 e. The first-order chi connectivity index (χ1) is 12.9. The fourth-order valence-corrected chi connectivity index (χ4v) is 4.86. The van der Waals surface area contributed by atoms with Gasteiger partial charge in [-0.1, -0.05) is 6.92 Å². The molecule has 0 amide bonds. The normalized spacial score (nSPS) is 14.3. The zero-order chi connectivity index (χ0) is 20.0. The number of aliphatic hydroxyl groups excluding tert-OH is 1. The number of rotatable bonds is 9. The molecule has 1 N–H and O–H groups in total. The van der Waals surface area contributed by atoms with Crippen molar-refractivity contribution in [2.45, 2.75) is 19.2 Å². The molecule has 0 aromatic heterocycles. The first-order valence-corrected chi connectivity index (χ1v) is 10.5. The Kier molecular flexibility index (Phi) is 7.31. The van der Waals surface area contributed by atoms with Gasteiger partial charge in [0.15, 0.2) is 5.85 Å². The first kappa shape index (κ1) is 21.3. The number of anilines is 1. The third-order valence-electron chi connectivity index (χ3n) is 4.25. The van der Waals surface area contributed by atoms with E-state index in [2.05, 4.69) is 0 Å². The standard InChI is InChI=1S/C20H28NO5P/c1-6-13-26-27(23,17-10-7-15(8-11-17)21(2)3)20(22)18-14-16(24-4)9-12-19(18)25-5/h7-12,14,20,22H,6,13H2,1-5H3/t20-,27-/m0/s1. The molecule has 2 aromatic rings. The Bertz CT molecular complexity index is 791. The molecule has 27 heavy (non-hydrogen) atoms. The zero-order valence-electron chi connectivity index (χ0n) is 16.5. The van der Waals surface area contributed by atoms with E-state index in [0.717, 1.165) is 5.69 Å². The van der Waals surface area contributed by atoms with E-state index < -0.39 is 13.2 Å². The number of aliphatic hydroxyl groups is 1. The Morgan fingerprint density at radius 2 is 1.74 bits per heavy atom. The van der Waals surface area contributed by atoms with Gasteiger partial charge in [-0.05, 0) is 48.9 Å². The van der Waals surface area contributed by atoms with Crippen LogP contribution in [0.3, 0.4) is 0 Å². The Morgan fingerprint density at radius 3 is 2.26 bits per heavy atom. The van der Waals surface area contributed by atoms with Crippen LogP contribution in [-0.2, 0) is 9.09 Å². The molecule has 0 radical (unpaired) electrons. The smallest absolute Gasteiger partial charge is 0.264 e. The van der Waals surface area contributed by atoms with Gasteiger partial charge in [-0.15, -0.1) is 0 Å². The molecular formula is C20H28NO5P. The number of hydrogen-bond donors (Lipinski definition) is 1. The minimum atomic E-state index is -3.62. The van der Waals surface area contributed by atoms with Gasteiger partial charge in [-0.3, -0.25) is 4.57 Å². The van der Waals surface area contributed by atoms with Gasteiger partial charge >= 0.3 is 0 Å². The molecule has 7 heteroatoms. The summed E-state index contributed by atoms with van der Waals surface area (Å²) in [6.45, 7) is 2.20. The molecule has 0 aliphatic heterocycles. The minimum Gasteiger partial charge on any atom is -0.497 e. The second-order valence-corrected chi connectivity index (χ2v) is 8.78. The van der Waals surface area contributed by atoms with Crippen LogP contribution in [0.15, 0.2) is 42.5 Å². The molecule has 2 atom stereocenters. The molecule has 148 valence electrons. The van der Waals surface area contributed by atoms with Gasteiger partial charge in [-0.2, -0.15) is 0 Å². The maximum Gasteiger partial charge on any atom is 0.264 e. The molecule has 0 aliphatic rings. The third kappa shape index (κ3) is 4.64. The van der Waals surface area contributed by atoms with Crippen LogP contribution in [0.25, 0.3) is 0 Å². The lowest BCUT2D eigenvalue weighted by atomic mass is 10.2. The molecule has 0 saturated carbocycles. The molecule has 6 nitrogen and oxygen atoms in total. The number of methoxy groups -OCH3 is 2. The highest BCUT2D eigenvalue weighted by molar-refractivity contribution is 7.67. The van der Waals surface area contributed by atoms with Gasteiger partial charge in [-0.25, -0.2) is 0 Å². The van der Waals surface area contributed by atoms with Crippen LogP contribution >= 0.6 is 7.37 Å². The predicted octanol–water partition coefficient (Wildman–Crippen LogP) is 3.79. The average molecular weight is 393 g/mol. The molecule has 0 bridgehead atoms. The molecule has 0 heterocycles. The quantitative estimate of drug-likeness (QED) is 0.654. The molecule has 2 rings (SSSR count). The lowest BCUT2D eigenvalue weighted by Crippen LogP contribution is -2.17. The van der Waals surface area contributed by atoms with Crippen LogP contribution in [0, 0.1) is 0 Å². The summed E-state index contributed by atoms with van der Waals surface area (Å²) in [6.07, 6.45) is 0.682. The summed E-state index contributed by atoms with van der Waals surface area (Å²) in [6, 6.07) is 12.2. The molecule has 2 aromatic carbocycles. The molecule has 0 aliphatic carbocycles. The van der Waals surface area contributed by atoms with Crippen LogP contribution in [0.5, 0.6) is 11.5 Å². The zero-order valence-corrected chi connectivity index (χ0v) is 17.4. The topological polar surface area (TPSA) is 68.2 Å². The van der Waals surface area contributed by atoms with Crippen molar-refractivity contribution in [1.29, 1.82) is 0 Å². The van der Waals surface area contributed by atoms with Crippen LogP contribution in [0.1, 0.15) is 24.8 Å². The van der Waals surface area contributed by atoms with Crippen molar-refractivity contribution in [3.05, 3.63) is 48.0 Å². The summed E-state index contributed by atoms with van der Waals surface area (Å²) in [7, 11) is 3.27. The second kappa shape index (κ2) is 9.27. The molecule has 0 unspecified atom stereocenters. The Labute approximate surface area is 161 Å². The highest BCUT2D eigenvalue weighted by atomic mass is 31.2. The molecule has 0 fully saturated rings. The van der Waals surface area contributed by atoms with E-state index in [1.165, 1.54) is 14.2 Å². The summed E-state index contributed by atoms with van der Waals surface area (Å²) < 4.78 is 30.2. The van der Waals surface area contributed by atoms with E-state index in [1.54, 1.807) is 30.3 Å². The van der Waals surface area contributed by atoms with Crippen molar-refractivity contribution in [2.75, 3.05) is 39.8 Å². The van der Waals surface area contributed by atoms with Crippen molar-refractivity contribution in [3.8, 4) is 11.5 Å². The number of hydrogen-bond acceptors (Lipinski definition) is 6. The Morgan fingerprint density at radius 1 is 1.07 bits per heavy atom. The van der Waals surface area contributed by atoms with Crippen molar-refractivity contribution >= 4 is 18.4 Å². The van der Waals surface area contributed by atoms with Gasteiger partial charge < -0.3 is 24.0 Å². The summed E-state index contributed by atoms with van der Waals surface area (Å²) >= 11 is 0. The van der Waals surface area contributed by atoms with E-state index in [1.807, 2.05) is 38.1 Å². The minimum absolute atomic E-state index is 0.274. The van der Waals surface area contributed by atoms with Crippen LogP contribution in [0.2, 0.25) is 0 Å². The number of benzene rings is 2. The van der Waals surface area contributed by atoms with E-state index in [0.29, 0.717) is 28.8 Å². The van der Waals surface area contributed by atoms with Crippen LogP contribution in [-0.4, -0.2) is 40.0 Å². The number of ether oxygens (including phenoxy) is 2. The summed E-state index contributed by atoms with van der Waals surface area (Å²) in [4.78, 5) is 1.95. The van der Waals surface area contributed by atoms with Gasteiger partial charge in [0, 0.05) is 30.7 Å². The van der Waals surface area contributed by atoms with Gasteiger partial charge in [0.05, 0.1) is 20.8 Å². The lowest BCUT2D eigenvalue weighted by Gasteiger charge is -2.26. The molecular weight excluding hydrogens is 365 g/mol. The predicted molar refractivity (Wildman–Crippen MR) is 109 cm³/mol. The summed E-state index contributed by atoms with van der Waals surface area (Å²) in [5.41, 5.74) is 1.34. The monoisotopic (exact) mass is 393 g/mol. The Hall–Kier alpha value is -2.01. The van der Waals surface area contributed by atoms with Crippen molar-refractivity contribution in [2.24, 2.45) is 0 Å². The molecule has 0 spiro atoms. The Balaban J connectivity index is 2.53. The van der Waals surface area contributed by atoms with Gasteiger partial charge in [0.1, 0.15) is 11.5 Å². The summed E-state index contributed by atoms with van der Waals surface area (Å²) in [5.74, 6) is -0.414. The molecule has 0 saturated heterocycles. The number of nitrogens with zero attached hydrogens (tertiary/aromatic N) is 1. The van der Waals surface area contributed by atoms with E-state index >= 15 is 0 Å². The maximum atomic E-state index is 13.8. The maximum absolute atomic E-state index is 13.8. The van der Waals surface area contributed by atoms with E-state index in [-0.39, 0.29) is 6.61 Å². The van der Waals surface area contributed by atoms with Crippen LogP contribution < -0.4 is 19.7 Å². The van der Waals surface area contributed by atoms with Gasteiger partial charge in [0.25, 0.3) is 7.37 Å². The van der Waals surface area contributed by atoms with Crippen molar-refractivity contribution < 1.29 is 23.7 Å². The van der Waals surface area contributed by atoms with Crippen LogP contribution in [0.4, 0.5) is 5.69 Å². The fraction of sp³-hybridized carbons (Fsp3) is 0.400. The fourth-order valence-electron chi connectivity index (χ4n) is 2.70. The van der Waals surface area contributed by atoms with Crippen molar-refractivity contribution in [3.63, 3.8) is 0 Å². The van der Waals surface area contributed by atoms with Crippen molar-refractivity contribution in [1.82, 2.24) is 0 Å². The highest BCUT2D eigenvalue weighted by Crippen LogP contribution is 2.59. The van der Waals surface area contributed by atoms with E-state index in [9.17, 15) is 9.67 Å². The second-order valence-electron chi connectivity index (χ2n) is 6.32. The first-order valence-electron chi connectivity index (χ1n) is 8.79. The highest BCUT2D eigenvalue weighted by Gasteiger charge is 2.38.